The summed E-state index contributed by atoms with van der Waals surface area (Å²) >= 11 is 8.97. The van der Waals surface area contributed by atoms with E-state index in [-0.39, 0.29) is 5.91 Å². The first-order valence-corrected chi connectivity index (χ1v) is 6.01. The Bertz CT molecular complexity index is 343. The normalized spacial score (nSPS) is 10.1. The van der Waals surface area contributed by atoms with Gasteiger partial charge in [-0.3, -0.25) is 4.79 Å². The summed E-state index contributed by atoms with van der Waals surface area (Å²) in [7, 11) is 1.79. The summed E-state index contributed by atoms with van der Waals surface area (Å²) < 4.78 is 1.02. The molecule has 1 rings (SSSR count). The van der Waals surface area contributed by atoms with Crippen LogP contribution in [0.25, 0.3) is 0 Å². The fourth-order valence-corrected chi connectivity index (χ4v) is 1.81. The van der Waals surface area contributed by atoms with Gasteiger partial charge in [0.1, 0.15) is 0 Å². The van der Waals surface area contributed by atoms with Crippen molar-refractivity contribution in [3.05, 3.63) is 34.3 Å². The third kappa shape index (κ3) is 3.84. The SMILES string of the molecule is CN(Cc1ccccc1Br)C(=O)CCCl. The Hall–Kier alpha value is -0.540. The van der Waals surface area contributed by atoms with Crippen LogP contribution in [0.2, 0.25) is 0 Å². The molecule has 1 amide bonds. The van der Waals surface area contributed by atoms with Crippen LogP contribution in [0.5, 0.6) is 0 Å². The summed E-state index contributed by atoms with van der Waals surface area (Å²) in [6.45, 7) is 0.608. The van der Waals surface area contributed by atoms with Crippen molar-refractivity contribution in [1.82, 2.24) is 4.90 Å². The standard InChI is InChI=1S/C11H13BrClNO/c1-14(11(15)6-7-13)8-9-4-2-3-5-10(9)12/h2-5H,6-8H2,1H3. The van der Waals surface area contributed by atoms with Gasteiger partial charge < -0.3 is 4.90 Å². The minimum atomic E-state index is 0.0701. The van der Waals surface area contributed by atoms with Crippen molar-refractivity contribution < 1.29 is 4.79 Å². The van der Waals surface area contributed by atoms with E-state index in [2.05, 4.69) is 15.9 Å². The van der Waals surface area contributed by atoms with Crippen LogP contribution in [0.4, 0.5) is 0 Å². The maximum absolute atomic E-state index is 11.5. The van der Waals surface area contributed by atoms with Gasteiger partial charge in [-0.2, -0.15) is 0 Å². The smallest absolute Gasteiger partial charge is 0.223 e. The fraction of sp³-hybridized carbons (Fsp3) is 0.364. The number of carbonyl (C=O) groups is 1. The van der Waals surface area contributed by atoms with Gasteiger partial charge in [0.2, 0.25) is 5.91 Å². The molecule has 0 spiro atoms. The molecule has 0 radical (unpaired) electrons. The molecule has 0 bridgehead atoms. The van der Waals surface area contributed by atoms with E-state index in [0.717, 1.165) is 10.0 Å². The van der Waals surface area contributed by atoms with Crippen molar-refractivity contribution in [2.45, 2.75) is 13.0 Å². The Morgan fingerprint density at radius 2 is 2.13 bits per heavy atom. The third-order valence-corrected chi connectivity index (χ3v) is 3.06. The lowest BCUT2D eigenvalue weighted by atomic mass is 10.2. The highest BCUT2D eigenvalue weighted by atomic mass is 79.9. The second-order valence-corrected chi connectivity index (χ2v) is 4.51. The molecule has 0 fully saturated rings. The minimum absolute atomic E-state index is 0.0701. The second kappa shape index (κ2) is 6.13. The summed E-state index contributed by atoms with van der Waals surface area (Å²) in [6.07, 6.45) is 0.391. The van der Waals surface area contributed by atoms with Crippen molar-refractivity contribution in [1.29, 1.82) is 0 Å². The molecule has 0 N–H and O–H groups in total. The van der Waals surface area contributed by atoms with Gasteiger partial charge in [0.15, 0.2) is 0 Å². The molecular weight excluding hydrogens is 277 g/mol. The van der Waals surface area contributed by atoms with Crippen LogP contribution in [0.3, 0.4) is 0 Å². The van der Waals surface area contributed by atoms with E-state index in [0.29, 0.717) is 18.8 Å². The summed E-state index contributed by atoms with van der Waals surface area (Å²) in [5.41, 5.74) is 1.10. The summed E-state index contributed by atoms with van der Waals surface area (Å²) in [6, 6.07) is 7.87. The van der Waals surface area contributed by atoms with Crippen molar-refractivity contribution in [2.75, 3.05) is 12.9 Å². The zero-order valence-electron chi connectivity index (χ0n) is 8.54. The molecule has 82 valence electrons. The molecule has 15 heavy (non-hydrogen) atoms. The quantitative estimate of drug-likeness (QED) is 0.781. The maximum Gasteiger partial charge on any atom is 0.223 e. The Kier molecular flexibility index (Phi) is 5.12. The predicted molar refractivity (Wildman–Crippen MR) is 66.0 cm³/mol. The topological polar surface area (TPSA) is 20.3 Å². The summed E-state index contributed by atoms with van der Waals surface area (Å²) in [4.78, 5) is 13.2. The highest BCUT2D eigenvalue weighted by Gasteiger charge is 2.09. The number of amides is 1. The molecule has 0 aliphatic heterocycles. The first kappa shape index (κ1) is 12.5. The molecule has 4 heteroatoms. The Balaban J connectivity index is 2.62. The third-order valence-electron chi connectivity index (χ3n) is 2.10. The number of nitrogens with zero attached hydrogens (tertiary/aromatic N) is 1. The number of halogens is 2. The van der Waals surface area contributed by atoms with Gasteiger partial charge in [-0.25, -0.2) is 0 Å². The molecule has 2 nitrogen and oxygen atoms in total. The van der Waals surface area contributed by atoms with Crippen LogP contribution in [0.15, 0.2) is 28.7 Å². The summed E-state index contributed by atoms with van der Waals surface area (Å²) in [5.74, 6) is 0.444. The van der Waals surface area contributed by atoms with E-state index in [9.17, 15) is 4.79 Å². The Morgan fingerprint density at radius 1 is 1.47 bits per heavy atom. The van der Waals surface area contributed by atoms with Crippen LogP contribution in [0, 0.1) is 0 Å². The maximum atomic E-state index is 11.5. The second-order valence-electron chi connectivity index (χ2n) is 3.28. The molecule has 1 aromatic rings. The lowest BCUT2D eigenvalue weighted by Crippen LogP contribution is -2.26. The molecule has 0 saturated carbocycles. The number of rotatable bonds is 4. The molecule has 0 aliphatic carbocycles. The minimum Gasteiger partial charge on any atom is -0.341 e. The zero-order valence-corrected chi connectivity index (χ0v) is 10.9. The van der Waals surface area contributed by atoms with E-state index in [1.165, 1.54) is 0 Å². The van der Waals surface area contributed by atoms with E-state index >= 15 is 0 Å². The van der Waals surface area contributed by atoms with Crippen LogP contribution in [-0.4, -0.2) is 23.7 Å². The van der Waals surface area contributed by atoms with E-state index in [1.807, 2.05) is 24.3 Å². The van der Waals surface area contributed by atoms with Crippen molar-refractivity contribution in [3.63, 3.8) is 0 Å². The number of alkyl halides is 1. The van der Waals surface area contributed by atoms with E-state index in [1.54, 1.807) is 11.9 Å². The molecule has 0 heterocycles. The number of carbonyl (C=O) groups excluding carboxylic acids is 1. The van der Waals surface area contributed by atoms with Crippen LogP contribution in [0.1, 0.15) is 12.0 Å². The van der Waals surface area contributed by atoms with Crippen LogP contribution < -0.4 is 0 Å². The molecular formula is C11H13BrClNO. The molecule has 0 aromatic heterocycles. The Morgan fingerprint density at radius 3 is 2.73 bits per heavy atom. The molecule has 0 aliphatic rings. The van der Waals surface area contributed by atoms with Crippen LogP contribution >= 0.6 is 27.5 Å². The van der Waals surface area contributed by atoms with E-state index in [4.69, 9.17) is 11.6 Å². The van der Waals surface area contributed by atoms with Crippen molar-refractivity contribution >= 4 is 33.4 Å². The fourth-order valence-electron chi connectivity index (χ4n) is 1.24. The Labute approximate surface area is 103 Å². The van der Waals surface area contributed by atoms with Gasteiger partial charge >= 0.3 is 0 Å². The van der Waals surface area contributed by atoms with Crippen molar-refractivity contribution in [2.24, 2.45) is 0 Å². The molecule has 0 atom stereocenters. The van der Waals surface area contributed by atoms with Gasteiger partial charge in [0.25, 0.3) is 0 Å². The first-order chi connectivity index (χ1) is 7.15. The van der Waals surface area contributed by atoms with Crippen molar-refractivity contribution in [3.8, 4) is 0 Å². The molecule has 0 unspecified atom stereocenters. The van der Waals surface area contributed by atoms with Gasteiger partial charge in [0.05, 0.1) is 0 Å². The van der Waals surface area contributed by atoms with Crippen LogP contribution in [-0.2, 0) is 11.3 Å². The number of hydrogen-bond donors (Lipinski definition) is 0. The van der Waals surface area contributed by atoms with Gasteiger partial charge in [-0.15, -0.1) is 11.6 Å². The number of benzene rings is 1. The average molecular weight is 291 g/mol. The average Bonchev–Trinajstić information content (AvgIpc) is 2.21. The first-order valence-electron chi connectivity index (χ1n) is 4.68. The lowest BCUT2D eigenvalue weighted by Gasteiger charge is -2.17. The molecule has 1 aromatic carbocycles. The number of hydrogen-bond acceptors (Lipinski definition) is 1. The highest BCUT2D eigenvalue weighted by Crippen LogP contribution is 2.17. The van der Waals surface area contributed by atoms with E-state index < -0.39 is 0 Å². The monoisotopic (exact) mass is 289 g/mol. The molecule has 0 saturated heterocycles. The van der Waals surface area contributed by atoms with Gasteiger partial charge in [-0.05, 0) is 11.6 Å². The zero-order chi connectivity index (χ0) is 11.3. The van der Waals surface area contributed by atoms with Gasteiger partial charge in [-0.1, -0.05) is 34.1 Å². The van der Waals surface area contributed by atoms with Gasteiger partial charge in [0, 0.05) is 30.4 Å². The highest BCUT2D eigenvalue weighted by molar-refractivity contribution is 9.10. The largest absolute Gasteiger partial charge is 0.341 e. The summed E-state index contributed by atoms with van der Waals surface area (Å²) in [5, 5.41) is 0. The lowest BCUT2D eigenvalue weighted by molar-refractivity contribution is -0.129. The predicted octanol–water partition coefficient (Wildman–Crippen LogP) is 3.04.